The summed E-state index contributed by atoms with van der Waals surface area (Å²) in [7, 11) is 0. The van der Waals surface area contributed by atoms with Gasteiger partial charge in [0.2, 0.25) is 0 Å². The van der Waals surface area contributed by atoms with Crippen LogP contribution in [-0.4, -0.2) is 25.1 Å². The Morgan fingerprint density at radius 1 is 1.90 bits per heavy atom. The number of Topliss-reactive ketones (excluding diaryl/α,β-unsaturated/α-hetero) is 1. The number of carbonyl (C=O) groups is 1. The first-order valence-corrected chi connectivity index (χ1v) is 2.98. The van der Waals surface area contributed by atoms with Crippen LogP contribution in [0, 0.1) is 0 Å². The second kappa shape index (κ2) is 3.12. The summed E-state index contributed by atoms with van der Waals surface area (Å²) in [5.41, 5.74) is 7.10. The zero-order valence-corrected chi connectivity index (χ0v) is 5.42. The third kappa shape index (κ3) is 1.41. The lowest BCUT2D eigenvalue weighted by Crippen LogP contribution is -2.18. The van der Waals surface area contributed by atoms with E-state index in [1.54, 1.807) is 6.21 Å². The van der Waals surface area contributed by atoms with Crippen molar-refractivity contribution in [2.75, 3.05) is 13.1 Å². The molecule has 2 N–H and O–H groups in total. The number of rotatable bonds is 2. The van der Waals surface area contributed by atoms with Crippen molar-refractivity contribution >= 4 is 12.0 Å². The van der Waals surface area contributed by atoms with E-state index in [2.05, 4.69) is 10.3 Å². The molecule has 0 spiro atoms. The Morgan fingerprint density at radius 3 is 3.20 bits per heavy atom. The van der Waals surface area contributed by atoms with Gasteiger partial charge in [0.05, 0.1) is 6.54 Å². The maximum absolute atomic E-state index is 10.8. The topological polar surface area (TPSA) is 65.3 Å². The predicted octanol–water partition coefficient (Wildman–Crippen LogP) is -0.646. The van der Waals surface area contributed by atoms with Crippen LogP contribution in [0.5, 0.6) is 0 Å². The van der Waals surface area contributed by atoms with Crippen molar-refractivity contribution in [3.63, 3.8) is 0 Å². The molecular formula is C6H8N3O. The number of aliphatic imine (C=N–C) groups is 1. The van der Waals surface area contributed by atoms with Gasteiger partial charge in [-0.25, -0.2) is 5.73 Å². The van der Waals surface area contributed by atoms with Crippen molar-refractivity contribution in [2.24, 2.45) is 4.99 Å². The van der Waals surface area contributed by atoms with E-state index in [9.17, 15) is 4.79 Å². The van der Waals surface area contributed by atoms with Crippen molar-refractivity contribution < 1.29 is 4.79 Å². The van der Waals surface area contributed by atoms with E-state index < -0.39 is 0 Å². The molecule has 53 valence electrons. The van der Waals surface area contributed by atoms with E-state index in [0.29, 0.717) is 12.2 Å². The summed E-state index contributed by atoms with van der Waals surface area (Å²) in [4.78, 5) is 14.6. The lowest BCUT2D eigenvalue weighted by molar-refractivity contribution is -0.114. The SMILES string of the molecule is [NH]CC(=O)C1=CNCC=N1. The number of ketones is 1. The van der Waals surface area contributed by atoms with E-state index in [4.69, 9.17) is 5.73 Å². The summed E-state index contributed by atoms with van der Waals surface area (Å²) in [5, 5.41) is 2.83. The second-order valence-electron chi connectivity index (χ2n) is 1.85. The Labute approximate surface area is 58.8 Å². The maximum Gasteiger partial charge on any atom is 0.197 e. The molecule has 0 aromatic rings. The van der Waals surface area contributed by atoms with Crippen molar-refractivity contribution in [2.45, 2.75) is 0 Å². The fraction of sp³-hybridized carbons (Fsp3) is 0.333. The van der Waals surface area contributed by atoms with Crippen LogP contribution in [0.15, 0.2) is 16.9 Å². The number of nitrogens with one attached hydrogen (secondary N) is 2. The van der Waals surface area contributed by atoms with Crippen molar-refractivity contribution in [3.8, 4) is 0 Å². The van der Waals surface area contributed by atoms with Crippen LogP contribution in [0.3, 0.4) is 0 Å². The van der Waals surface area contributed by atoms with Gasteiger partial charge in [-0.3, -0.25) is 9.79 Å². The van der Waals surface area contributed by atoms with E-state index in [1.165, 1.54) is 6.20 Å². The molecule has 0 unspecified atom stereocenters. The highest BCUT2D eigenvalue weighted by Gasteiger charge is 2.06. The molecule has 4 heteroatoms. The third-order valence-corrected chi connectivity index (χ3v) is 1.12. The van der Waals surface area contributed by atoms with E-state index in [1.807, 2.05) is 0 Å². The van der Waals surface area contributed by atoms with Crippen LogP contribution in [0.2, 0.25) is 0 Å². The third-order valence-electron chi connectivity index (χ3n) is 1.12. The molecule has 0 aliphatic carbocycles. The van der Waals surface area contributed by atoms with Crippen LogP contribution < -0.4 is 11.1 Å². The number of hydrogen-bond acceptors (Lipinski definition) is 3. The molecule has 0 fully saturated rings. The van der Waals surface area contributed by atoms with E-state index in [0.717, 1.165) is 0 Å². The van der Waals surface area contributed by atoms with Gasteiger partial charge >= 0.3 is 0 Å². The molecule has 1 aliphatic heterocycles. The highest BCUT2D eigenvalue weighted by atomic mass is 16.1. The fourth-order valence-electron chi connectivity index (χ4n) is 0.633. The molecule has 0 bridgehead atoms. The summed E-state index contributed by atoms with van der Waals surface area (Å²) in [5.74, 6) is -0.247. The molecule has 0 saturated carbocycles. The smallest absolute Gasteiger partial charge is 0.197 e. The number of hydrogen-bond donors (Lipinski definition) is 1. The summed E-state index contributed by atoms with van der Waals surface area (Å²) < 4.78 is 0. The Kier molecular flexibility index (Phi) is 2.17. The van der Waals surface area contributed by atoms with Crippen molar-refractivity contribution in [3.05, 3.63) is 11.9 Å². The molecule has 1 radical (unpaired) electrons. The number of carbonyl (C=O) groups excluding carboxylic acids is 1. The van der Waals surface area contributed by atoms with Gasteiger partial charge in [0.25, 0.3) is 0 Å². The zero-order valence-electron chi connectivity index (χ0n) is 5.42. The minimum Gasteiger partial charge on any atom is -0.384 e. The Bertz CT molecular complexity index is 195. The van der Waals surface area contributed by atoms with Crippen LogP contribution in [-0.2, 0) is 4.79 Å². The Hall–Kier alpha value is -1.16. The van der Waals surface area contributed by atoms with Crippen LogP contribution in [0.4, 0.5) is 0 Å². The molecule has 1 rings (SSSR count). The van der Waals surface area contributed by atoms with Gasteiger partial charge in [-0.1, -0.05) is 0 Å². The van der Waals surface area contributed by atoms with Crippen molar-refractivity contribution in [1.29, 1.82) is 0 Å². The van der Waals surface area contributed by atoms with Gasteiger partial charge < -0.3 is 5.32 Å². The molecule has 1 aliphatic rings. The molecule has 0 amide bonds. The highest BCUT2D eigenvalue weighted by molar-refractivity contribution is 5.98. The average molecular weight is 138 g/mol. The molecule has 10 heavy (non-hydrogen) atoms. The molecule has 0 atom stereocenters. The first-order chi connectivity index (χ1) is 4.84. The zero-order chi connectivity index (χ0) is 7.40. The van der Waals surface area contributed by atoms with Crippen LogP contribution in [0.1, 0.15) is 0 Å². The first-order valence-electron chi connectivity index (χ1n) is 2.98. The minimum absolute atomic E-state index is 0.231. The van der Waals surface area contributed by atoms with Gasteiger partial charge in [-0.2, -0.15) is 0 Å². The predicted molar refractivity (Wildman–Crippen MR) is 37.5 cm³/mol. The van der Waals surface area contributed by atoms with E-state index >= 15 is 0 Å². The fourth-order valence-corrected chi connectivity index (χ4v) is 0.633. The first kappa shape index (κ1) is 6.95. The summed E-state index contributed by atoms with van der Waals surface area (Å²) >= 11 is 0. The normalized spacial score (nSPS) is 15.9. The van der Waals surface area contributed by atoms with Gasteiger partial charge in [0.1, 0.15) is 5.70 Å². The molecule has 4 nitrogen and oxygen atoms in total. The average Bonchev–Trinajstić information content (AvgIpc) is 2.05. The molecule has 1 heterocycles. The summed E-state index contributed by atoms with van der Waals surface area (Å²) in [6.45, 7) is 0.430. The van der Waals surface area contributed by atoms with Crippen molar-refractivity contribution in [1.82, 2.24) is 11.1 Å². The van der Waals surface area contributed by atoms with E-state index in [-0.39, 0.29) is 12.3 Å². The summed E-state index contributed by atoms with van der Waals surface area (Å²) in [6.07, 6.45) is 3.15. The van der Waals surface area contributed by atoms with Crippen LogP contribution >= 0.6 is 0 Å². The Morgan fingerprint density at radius 2 is 2.70 bits per heavy atom. The molecule has 0 saturated heterocycles. The lowest BCUT2D eigenvalue weighted by atomic mass is 10.3. The minimum atomic E-state index is -0.247. The second-order valence-corrected chi connectivity index (χ2v) is 1.85. The molecule has 0 aromatic heterocycles. The lowest BCUT2D eigenvalue weighted by Gasteiger charge is -2.04. The quantitative estimate of drug-likeness (QED) is 0.551. The van der Waals surface area contributed by atoms with Gasteiger partial charge in [0, 0.05) is 19.0 Å². The molecule has 0 aromatic carbocycles. The van der Waals surface area contributed by atoms with Crippen LogP contribution in [0.25, 0.3) is 0 Å². The number of nitrogens with zero attached hydrogens (tertiary/aromatic N) is 1. The molecular weight excluding hydrogens is 130 g/mol. The summed E-state index contributed by atoms with van der Waals surface area (Å²) in [6, 6.07) is 0. The maximum atomic E-state index is 10.8. The van der Waals surface area contributed by atoms with Gasteiger partial charge in [-0.05, 0) is 0 Å². The highest BCUT2D eigenvalue weighted by Crippen LogP contribution is 1.97. The monoisotopic (exact) mass is 138 g/mol. The van der Waals surface area contributed by atoms with Gasteiger partial charge in [-0.15, -0.1) is 0 Å². The standard InChI is InChI=1S/C6H8N3O/c7-3-6(10)5-4-8-1-2-9-5/h2,4,7-8H,1,3H2. The van der Waals surface area contributed by atoms with Gasteiger partial charge in [0.15, 0.2) is 5.78 Å². The largest absolute Gasteiger partial charge is 0.384 e. The Balaban J connectivity index is 2.63.